The van der Waals surface area contributed by atoms with E-state index in [0.29, 0.717) is 6.04 Å². The van der Waals surface area contributed by atoms with Crippen LogP contribution in [0.15, 0.2) is 18.2 Å². The lowest BCUT2D eigenvalue weighted by Gasteiger charge is -2.29. The van der Waals surface area contributed by atoms with E-state index in [4.69, 9.17) is 4.74 Å². The van der Waals surface area contributed by atoms with Crippen molar-refractivity contribution in [2.24, 2.45) is 0 Å². The minimum absolute atomic E-state index is 0.0788. The first-order valence-electron chi connectivity index (χ1n) is 7.22. The summed E-state index contributed by atoms with van der Waals surface area (Å²) in [4.78, 5) is 0. The third-order valence-corrected chi connectivity index (χ3v) is 3.75. The minimum atomic E-state index is -0.0788. The van der Waals surface area contributed by atoms with Crippen LogP contribution in [0.3, 0.4) is 0 Å². The van der Waals surface area contributed by atoms with Gasteiger partial charge in [0.05, 0.1) is 5.60 Å². The fourth-order valence-electron chi connectivity index (χ4n) is 2.47. The number of ether oxygens (including phenoxy) is 1. The highest BCUT2D eigenvalue weighted by Crippen LogP contribution is 2.20. The lowest BCUT2D eigenvalue weighted by atomic mass is 9.91. The normalized spacial score (nSPS) is 13.6. The van der Waals surface area contributed by atoms with Crippen molar-refractivity contribution in [1.82, 2.24) is 5.32 Å². The second-order valence-electron chi connectivity index (χ2n) is 6.06. The highest BCUT2D eigenvalue weighted by molar-refractivity contribution is 5.31. The van der Waals surface area contributed by atoms with Crippen LogP contribution in [-0.2, 0) is 11.2 Å². The molecular weight excluding hydrogens is 234 g/mol. The molecule has 1 aromatic rings. The van der Waals surface area contributed by atoms with Crippen LogP contribution in [0.5, 0.6) is 0 Å². The van der Waals surface area contributed by atoms with Crippen LogP contribution in [0.4, 0.5) is 0 Å². The van der Waals surface area contributed by atoms with Gasteiger partial charge in [0.1, 0.15) is 0 Å². The largest absolute Gasteiger partial charge is 0.379 e. The summed E-state index contributed by atoms with van der Waals surface area (Å²) in [6, 6.07) is 7.16. The van der Waals surface area contributed by atoms with E-state index in [1.54, 1.807) is 7.11 Å². The van der Waals surface area contributed by atoms with Crippen molar-refractivity contribution < 1.29 is 4.74 Å². The molecule has 0 spiro atoms. The molecule has 0 bridgehead atoms. The molecule has 1 N–H and O–H groups in total. The fourth-order valence-corrected chi connectivity index (χ4v) is 2.47. The van der Waals surface area contributed by atoms with Gasteiger partial charge >= 0.3 is 0 Å². The Morgan fingerprint density at radius 3 is 2.53 bits per heavy atom. The zero-order valence-corrected chi connectivity index (χ0v) is 13.3. The Morgan fingerprint density at radius 2 is 1.95 bits per heavy atom. The summed E-state index contributed by atoms with van der Waals surface area (Å²) in [6.07, 6.45) is 2.08. The summed E-state index contributed by atoms with van der Waals surface area (Å²) in [5.41, 5.74) is 4.08. The highest BCUT2D eigenvalue weighted by Gasteiger charge is 2.22. The molecule has 0 saturated carbocycles. The Balaban J connectivity index is 2.80. The molecule has 0 aliphatic heterocycles. The van der Waals surface area contributed by atoms with E-state index in [1.807, 2.05) is 0 Å². The van der Waals surface area contributed by atoms with E-state index in [-0.39, 0.29) is 5.60 Å². The van der Waals surface area contributed by atoms with E-state index >= 15 is 0 Å². The average Bonchev–Trinajstić information content (AvgIpc) is 2.34. The maximum Gasteiger partial charge on any atom is 0.0637 e. The van der Waals surface area contributed by atoms with Crippen LogP contribution in [0, 0.1) is 13.8 Å². The van der Waals surface area contributed by atoms with Crippen molar-refractivity contribution in [3.63, 3.8) is 0 Å². The molecule has 0 aliphatic carbocycles. The summed E-state index contributed by atoms with van der Waals surface area (Å²) in [6.45, 7) is 11.8. The number of likely N-dealkylation sites (N-methyl/N-ethyl adjacent to an activating group) is 1. The standard InChI is InChI=1S/C17H29NO/c1-7-18-16(12-17(4,5)19-6)11-15-10-13(2)8-9-14(15)3/h8-10,16,18H,7,11-12H2,1-6H3. The summed E-state index contributed by atoms with van der Waals surface area (Å²) < 4.78 is 5.57. The van der Waals surface area contributed by atoms with Crippen molar-refractivity contribution in [3.8, 4) is 0 Å². The zero-order chi connectivity index (χ0) is 14.5. The van der Waals surface area contributed by atoms with Gasteiger partial charge in [-0.15, -0.1) is 0 Å². The van der Waals surface area contributed by atoms with E-state index in [2.05, 4.69) is 58.1 Å². The summed E-state index contributed by atoms with van der Waals surface area (Å²) in [5.74, 6) is 0. The molecule has 2 heteroatoms. The summed E-state index contributed by atoms with van der Waals surface area (Å²) in [5, 5.41) is 3.59. The van der Waals surface area contributed by atoms with Crippen LogP contribution >= 0.6 is 0 Å². The van der Waals surface area contributed by atoms with Crippen molar-refractivity contribution in [1.29, 1.82) is 0 Å². The smallest absolute Gasteiger partial charge is 0.0637 e. The van der Waals surface area contributed by atoms with Crippen molar-refractivity contribution in [2.75, 3.05) is 13.7 Å². The van der Waals surface area contributed by atoms with Gasteiger partial charge in [-0.05, 0) is 58.2 Å². The van der Waals surface area contributed by atoms with Gasteiger partial charge in [-0.1, -0.05) is 30.7 Å². The fraction of sp³-hybridized carbons (Fsp3) is 0.647. The third-order valence-electron chi connectivity index (χ3n) is 3.75. The molecule has 1 aromatic carbocycles. The molecule has 1 atom stereocenters. The molecule has 19 heavy (non-hydrogen) atoms. The summed E-state index contributed by atoms with van der Waals surface area (Å²) >= 11 is 0. The molecule has 0 aromatic heterocycles. The molecule has 108 valence electrons. The molecule has 0 aliphatic rings. The maximum atomic E-state index is 5.57. The van der Waals surface area contributed by atoms with E-state index in [0.717, 1.165) is 19.4 Å². The maximum absolute atomic E-state index is 5.57. The Morgan fingerprint density at radius 1 is 1.26 bits per heavy atom. The predicted octanol–water partition coefficient (Wildman–Crippen LogP) is 3.64. The molecule has 1 unspecified atom stereocenters. The van der Waals surface area contributed by atoms with Gasteiger partial charge in [0.2, 0.25) is 0 Å². The van der Waals surface area contributed by atoms with Gasteiger partial charge in [0, 0.05) is 13.2 Å². The van der Waals surface area contributed by atoms with E-state index < -0.39 is 0 Å². The molecule has 1 rings (SSSR count). The van der Waals surface area contributed by atoms with Crippen LogP contribution in [-0.4, -0.2) is 25.3 Å². The Kier molecular flexibility index (Phi) is 6.02. The Labute approximate surface area is 118 Å². The van der Waals surface area contributed by atoms with Gasteiger partial charge in [-0.3, -0.25) is 0 Å². The number of hydrogen-bond donors (Lipinski definition) is 1. The molecule has 0 amide bonds. The number of aryl methyl sites for hydroxylation is 2. The topological polar surface area (TPSA) is 21.3 Å². The average molecular weight is 263 g/mol. The van der Waals surface area contributed by atoms with Crippen molar-refractivity contribution in [3.05, 3.63) is 34.9 Å². The van der Waals surface area contributed by atoms with Crippen molar-refractivity contribution in [2.45, 2.75) is 59.1 Å². The number of benzene rings is 1. The zero-order valence-electron chi connectivity index (χ0n) is 13.3. The van der Waals surface area contributed by atoms with Gasteiger partial charge in [-0.2, -0.15) is 0 Å². The quantitative estimate of drug-likeness (QED) is 0.811. The first kappa shape index (κ1) is 16.2. The van der Waals surface area contributed by atoms with Gasteiger partial charge in [0.25, 0.3) is 0 Å². The molecule has 0 saturated heterocycles. The van der Waals surface area contributed by atoms with Crippen LogP contribution in [0.1, 0.15) is 43.9 Å². The molecular formula is C17H29NO. The van der Waals surface area contributed by atoms with Crippen molar-refractivity contribution >= 4 is 0 Å². The monoisotopic (exact) mass is 263 g/mol. The molecule has 2 nitrogen and oxygen atoms in total. The van der Waals surface area contributed by atoms with Gasteiger partial charge in [0.15, 0.2) is 0 Å². The number of methoxy groups -OCH3 is 1. The van der Waals surface area contributed by atoms with Crippen LogP contribution in [0.25, 0.3) is 0 Å². The van der Waals surface area contributed by atoms with Gasteiger partial charge in [-0.25, -0.2) is 0 Å². The van der Waals surface area contributed by atoms with E-state index in [1.165, 1.54) is 16.7 Å². The SMILES string of the molecule is CCNC(Cc1cc(C)ccc1C)CC(C)(C)OC. The number of nitrogens with one attached hydrogen (secondary N) is 1. The lowest BCUT2D eigenvalue weighted by Crippen LogP contribution is -2.39. The lowest BCUT2D eigenvalue weighted by molar-refractivity contribution is 0.00725. The van der Waals surface area contributed by atoms with Gasteiger partial charge < -0.3 is 10.1 Å². The minimum Gasteiger partial charge on any atom is -0.379 e. The number of hydrogen-bond acceptors (Lipinski definition) is 2. The second kappa shape index (κ2) is 7.06. The van der Waals surface area contributed by atoms with E-state index in [9.17, 15) is 0 Å². The molecule has 0 heterocycles. The second-order valence-corrected chi connectivity index (χ2v) is 6.06. The third kappa shape index (κ3) is 5.33. The predicted molar refractivity (Wildman–Crippen MR) is 82.8 cm³/mol. The Hall–Kier alpha value is -0.860. The number of rotatable bonds is 7. The first-order valence-corrected chi connectivity index (χ1v) is 7.22. The highest BCUT2D eigenvalue weighted by atomic mass is 16.5. The van der Waals surface area contributed by atoms with Crippen LogP contribution < -0.4 is 5.32 Å². The molecule has 0 radical (unpaired) electrons. The molecule has 0 fully saturated rings. The van der Waals surface area contributed by atoms with Crippen LogP contribution in [0.2, 0.25) is 0 Å². The summed E-state index contributed by atoms with van der Waals surface area (Å²) in [7, 11) is 1.79. The first-order chi connectivity index (χ1) is 8.88. The Bertz CT molecular complexity index is 398.